The third-order valence-electron chi connectivity index (χ3n) is 6.73. The second kappa shape index (κ2) is 11.8. The Morgan fingerprint density at radius 1 is 1.05 bits per heavy atom. The molecule has 1 amide bonds. The minimum Gasteiger partial charge on any atom is -0.493 e. The fourth-order valence-corrected chi connectivity index (χ4v) is 4.59. The molecule has 10 heteroatoms. The Morgan fingerprint density at radius 3 is 2.39 bits per heavy atom. The summed E-state index contributed by atoms with van der Waals surface area (Å²) in [5.41, 5.74) is 3.02. The SMILES string of the molecule is CCOc1cc2c(cc1C(=O)NC)C(=N)N(CC(=O)c1ccc(Oc3ccc(C(=O)OC)cn3)c(C(C)(C)C)c1)C2. The molecule has 0 saturated heterocycles. The molecule has 214 valence electrons. The highest BCUT2D eigenvalue weighted by Gasteiger charge is 2.30. The van der Waals surface area contributed by atoms with Crippen molar-refractivity contribution in [2.45, 2.75) is 39.7 Å². The van der Waals surface area contributed by atoms with Crippen LogP contribution in [0.15, 0.2) is 48.7 Å². The Morgan fingerprint density at radius 2 is 1.78 bits per heavy atom. The first-order valence-corrected chi connectivity index (χ1v) is 13.2. The Balaban J connectivity index is 1.55. The number of ketones is 1. The van der Waals surface area contributed by atoms with Gasteiger partial charge >= 0.3 is 5.97 Å². The number of pyridine rings is 1. The van der Waals surface area contributed by atoms with E-state index < -0.39 is 5.97 Å². The van der Waals surface area contributed by atoms with E-state index in [2.05, 4.69) is 10.3 Å². The zero-order chi connectivity index (χ0) is 29.9. The van der Waals surface area contributed by atoms with Crippen molar-refractivity contribution in [1.29, 1.82) is 5.41 Å². The molecule has 0 aliphatic carbocycles. The molecule has 0 saturated carbocycles. The number of nitrogens with one attached hydrogen (secondary N) is 2. The summed E-state index contributed by atoms with van der Waals surface area (Å²) in [6.07, 6.45) is 1.38. The molecule has 1 aliphatic heterocycles. The number of amides is 1. The zero-order valence-electron chi connectivity index (χ0n) is 24.1. The number of hydrogen-bond donors (Lipinski definition) is 2. The quantitative estimate of drug-likeness (QED) is 0.284. The number of aromatic nitrogens is 1. The lowest BCUT2D eigenvalue weighted by Crippen LogP contribution is -2.30. The molecule has 4 rings (SSSR count). The van der Waals surface area contributed by atoms with Crippen LogP contribution >= 0.6 is 0 Å². The van der Waals surface area contributed by atoms with Gasteiger partial charge in [-0.2, -0.15) is 0 Å². The minimum atomic E-state index is -0.488. The number of amidine groups is 1. The van der Waals surface area contributed by atoms with Gasteiger partial charge in [0.25, 0.3) is 5.91 Å². The van der Waals surface area contributed by atoms with Crippen LogP contribution in [0.25, 0.3) is 0 Å². The summed E-state index contributed by atoms with van der Waals surface area (Å²) in [4.78, 5) is 43.4. The van der Waals surface area contributed by atoms with Gasteiger partial charge in [-0.3, -0.25) is 15.0 Å². The molecule has 0 fully saturated rings. The highest BCUT2D eigenvalue weighted by atomic mass is 16.5. The van der Waals surface area contributed by atoms with Gasteiger partial charge in [-0.1, -0.05) is 20.8 Å². The summed E-state index contributed by atoms with van der Waals surface area (Å²) in [6.45, 7) is 8.64. The van der Waals surface area contributed by atoms with Crippen LogP contribution in [0.2, 0.25) is 0 Å². The lowest BCUT2D eigenvalue weighted by Gasteiger charge is -2.24. The molecule has 1 aromatic heterocycles. The van der Waals surface area contributed by atoms with Crippen LogP contribution in [0, 0.1) is 5.41 Å². The molecule has 0 unspecified atom stereocenters. The van der Waals surface area contributed by atoms with Crippen molar-refractivity contribution < 1.29 is 28.6 Å². The molecule has 1 aliphatic rings. The number of rotatable bonds is 9. The predicted molar refractivity (Wildman–Crippen MR) is 153 cm³/mol. The number of ether oxygens (including phenoxy) is 3. The highest BCUT2D eigenvalue weighted by molar-refractivity contribution is 6.07. The van der Waals surface area contributed by atoms with Gasteiger partial charge in [-0.15, -0.1) is 0 Å². The monoisotopic (exact) mass is 558 g/mol. The van der Waals surface area contributed by atoms with Gasteiger partial charge in [-0.05, 0) is 54.3 Å². The summed E-state index contributed by atoms with van der Waals surface area (Å²) in [6, 6.07) is 11.8. The smallest absolute Gasteiger partial charge is 0.339 e. The van der Waals surface area contributed by atoms with E-state index in [1.165, 1.54) is 13.3 Å². The van der Waals surface area contributed by atoms with Crippen molar-refractivity contribution in [1.82, 2.24) is 15.2 Å². The highest BCUT2D eigenvalue weighted by Crippen LogP contribution is 2.35. The Labute approximate surface area is 239 Å². The van der Waals surface area contributed by atoms with E-state index in [0.29, 0.717) is 52.8 Å². The van der Waals surface area contributed by atoms with E-state index in [-0.39, 0.29) is 29.5 Å². The molecular formula is C31H34N4O6. The van der Waals surface area contributed by atoms with Gasteiger partial charge in [-0.25, -0.2) is 9.78 Å². The van der Waals surface area contributed by atoms with Crippen molar-refractivity contribution in [2.24, 2.45) is 0 Å². The van der Waals surface area contributed by atoms with Gasteiger partial charge in [0.1, 0.15) is 17.3 Å². The van der Waals surface area contributed by atoms with Crippen LogP contribution in [-0.2, 0) is 16.7 Å². The van der Waals surface area contributed by atoms with E-state index in [1.54, 1.807) is 48.3 Å². The van der Waals surface area contributed by atoms with Gasteiger partial charge < -0.3 is 24.4 Å². The third kappa shape index (κ3) is 6.21. The number of benzene rings is 2. The summed E-state index contributed by atoms with van der Waals surface area (Å²) in [5.74, 6) is 0.525. The first-order chi connectivity index (χ1) is 19.5. The molecule has 0 radical (unpaired) electrons. The number of hydrogen-bond acceptors (Lipinski definition) is 8. The lowest BCUT2D eigenvalue weighted by atomic mass is 9.85. The first-order valence-electron chi connectivity index (χ1n) is 13.2. The third-order valence-corrected chi connectivity index (χ3v) is 6.73. The van der Waals surface area contributed by atoms with Crippen LogP contribution in [0.1, 0.15) is 75.5 Å². The summed E-state index contributed by atoms with van der Waals surface area (Å²) >= 11 is 0. The number of methoxy groups -OCH3 is 1. The van der Waals surface area contributed by atoms with Crippen molar-refractivity contribution in [2.75, 3.05) is 27.3 Å². The second-order valence-corrected chi connectivity index (χ2v) is 10.6. The Hall–Kier alpha value is -4.73. The predicted octanol–water partition coefficient (Wildman–Crippen LogP) is 4.74. The number of carbonyl (C=O) groups excluding carboxylic acids is 3. The van der Waals surface area contributed by atoms with Crippen molar-refractivity contribution in [3.05, 3.63) is 82.0 Å². The number of Topliss-reactive ketones (excluding diaryl/α,β-unsaturated/α-hetero) is 1. The largest absolute Gasteiger partial charge is 0.493 e. The van der Waals surface area contributed by atoms with Gasteiger partial charge in [0.05, 0.1) is 31.4 Å². The molecule has 10 nitrogen and oxygen atoms in total. The van der Waals surface area contributed by atoms with Crippen molar-refractivity contribution >= 4 is 23.5 Å². The van der Waals surface area contributed by atoms with Crippen molar-refractivity contribution in [3.63, 3.8) is 0 Å². The maximum atomic E-state index is 13.4. The summed E-state index contributed by atoms with van der Waals surface area (Å²) < 4.78 is 16.4. The Kier molecular flexibility index (Phi) is 8.41. The van der Waals surface area contributed by atoms with Gasteiger partial charge in [0.15, 0.2) is 5.78 Å². The number of fused-ring (bicyclic) bond motifs is 1. The van der Waals surface area contributed by atoms with Gasteiger partial charge in [0.2, 0.25) is 5.88 Å². The molecule has 0 spiro atoms. The fourth-order valence-electron chi connectivity index (χ4n) is 4.59. The maximum Gasteiger partial charge on any atom is 0.339 e. The van der Waals surface area contributed by atoms with Crippen LogP contribution in [0.4, 0.5) is 0 Å². The van der Waals surface area contributed by atoms with E-state index in [9.17, 15) is 14.4 Å². The number of esters is 1. The zero-order valence-corrected chi connectivity index (χ0v) is 24.1. The Bertz CT molecular complexity index is 1510. The van der Waals surface area contributed by atoms with E-state index in [1.807, 2.05) is 33.8 Å². The van der Waals surface area contributed by atoms with E-state index in [4.69, 9.17) is 19.6 Å². The van der Waals surface area contributed by atoms with Gasteiger partial charge in [0, 0.05) is 42.5 Å². The average Bonchev–Trinajstić information content (AvgIpc) is 3.25. The van der Waals surface area contributed by atoms with Crippen LogP contribution in [-0.4, -0.2) is 60.7 Å². The summed E-state index contributed by atoms with van der Waals surface area (Å²) in [7, 11) is 2.85. The summed E-state index contributed by atoms with van der Waals surface area (Å²) in [5, 5.41) is 11.3. The number of carbonyl (C=O) groups is 3. The minimum absolute atomic E-state index is 0.00682. The van der Waals surface area contributed by atoms with E-state index in [0.717, 1.165) is 11.1 Å². The number of nitrogens with zero attached hydrogens (tertiary/aromatic N) is 2. The first kappa shape index (κ1) is 29.3. The van der Waals surface area contributed by atoms with E-state index >= 15 is 0 Å². The second-order valence-electron chi connectivity index (χ2n) is 10.6. The molecule has 0 bridgehead atoms. The normalized spacial score (nSPS) is 12.5. The molecule has 41 heavy (non-hydrogen) atoms. The van der Waals surface area contributed by atoms with Crippen LogP contribution < -0.4 is 14.8 Å². The van der Waals surface area contributed by atoms with Crippen LogP contribution in [0.3, 0.4) is 0 Å². The molecule has 2 aromatic carbocycles. The molecule has 3 aromatic rings. The molecule has 2 N–H and O–H groups in total. The van der Waals surface area contributed by atoms with Crippen molar-refractivity contribution in [3.8, 4) is 17.4 Å². The molecule has 0 atom stereocenters. The topological polar surface area (TPSA) is 131 Å². The molecular weight excluding hydrogens is 524 g/mol. The average molecular weight is 559 g/mol. The van der Waals surface area contributed by atoms with Crippen LogP contribution in [0.5, 0.6) is 17.4 Å². The maximum absolute atomic E-state index is 13.4. The molecule has 2 heterocycles. The lowest BCUT2D eigenvalue weighted by molar-refractivity contribution is 0.0600. The standard InChI is InChI=1S/C31H34N4O6/c1-7-40-26-13-20-16-35(28(32)21(20)14-22(26)29(37)33-5)17-24(36)18-8-10-25(23(12-18)31(2,3)4)41-27-11-9-19(15-34-27)30(38)39-6/h8-15,32H,7,16-17H2,1-6H3,(H,33,37). The fraction of sp³-hybridized carbons (Fsp3) is 0.323.